The van der Waals surface area contributed by atoms with Crippen LogP contribution in [0.15, 0.2) is 6.07 Å². The van der Waals surface area contributed by atoms with Crippen LogP contribution in [-0.4, -0.2) is 47.3 Å². The van der Waals surface area contributed by atoms with Crippen LogP contribution in [0, 0.1) is 5.92 Å². The lowest BCUT2D eigenvalue weighted by Gasteiger charge is -2.33. The second-order valence-corrected chi connectivity index (χ2v) is 8.78. The van der Waals surface area contributed by atoms with Gasteiger partial charge in [-0.1, -0.05) is 19.8 Å². The van der Waals surface area contributed by atoms with E-state index in [0.29, 0.717) is 23.0 Å². The minimum Gasteiger partial charge on any atom is -0.360 e. The molecular weight excluding hydrogens is 356 g/mol. The predicted octanol–water partition coefficient (Wildman–Crippen LogP) is 3.54. The van der Waals surface area contributed by atoms with Gasteiger partial charge >= 0.3 is 0 Å². The highest BCUT2D eigenvalue weighted by Crippen LogP contribution is 2.27. The molecule has 6 nitrogen and oxygen atoms in total. The molecule has 1 aromatic heterocycles. The van der Waals surface area contributed by atoms with E-state index in [1.54, 1.807) is 0 Å². The van der Waals surface area contributed by atoms with Crippen molar-refractivity contribution in [3.05, 3.63) is 6.07 Å². The largest absolute Gasteiger partial charge is 0.360 e. The van der Waals surface area contributed by atoms with Crippen molar-refractivity contribution in [3.8, 4) is 0 Å². The Bertz CT molecular complexity index is 634. The van der Waals surface area contributed by atoms with Crippen LogP contribution in [0.4, 0.5) is 17.6 Å². The fourth-order valence-corrected chi connectivity index (χ4v) is 4.31. The van der Waals surface area contributed by atoms with E-state index in [1.807, 2.05) is 0 Å². The van der Waals surface area contributed by atoms with Crippen molar-refractivity contribution >= 4 is 34.9 Å². The lowest BCUT2D eigenvalue weighted by atomic mass is 10.0. The standard InChI is InChI=1S/C20H32N6S/c1-15-7-6-12-26(14-15)18-13-17(25-10-4-2-3-5-11-25)22-19(23-18)24-20(27)21-16-8-9-16/h13,15-16H,2-12,14H2,1H3,(H2,21,22,23,24,27). The Labute approximate surface area is 168 Å². The molecule has 0 radical (unpaired) electrons. The molecule has 0 spiro atoms. The van der Waals surface area contributed by atoms with Crippen molar-refractivity contribution in [2.24, 2.45) is 5.92 Å². The number of thiocarbonyl (C=S) groups is 1. The van der Waals surface area contributed by atoms with Crippen molar-refractivity contribution in [2.45, 2.75) is 64.3 Å². The van der Waals surface area contributed by atoms with Crippen LogP contribution in [0.5, 0.6) is 0 Å². The molecule has 27 heavy (non-hydrogen) atoms. The molecule has 1 aliphatic carbocycles. The normalized spacial score (nSPS) is 23.7. The molecule has 148 valence electrons. The lowest BCUT2D eigenvalue weighted by molar-refractivity contribution is 0.444. The molecule has 0 amide bonds. The Balaban J connectivity index is 1.57. The highest BCUT2D eigenvalue weighted by Gasteiger charge is 2.23. The Morgan fingerprint density at radius 1 is 0.963 bits per heavy atom. The van der Waals surface area contributed by atoms with Crippen LogP contribution in [0.2, 0.25) is 0 Å². The zero-order chi connectivity index (χ0) is 18.6. The number of rotatable bonds is 4. The molecule has 0 aromatic carbocycles. The summed E-state index contributed by atoms with van der Waals surface area (Å²) in [6.07, 6.45) is 10.1. The summed E-state index contributed by atoms with van der Waals surface area (Å²) in [6, 6.07) is 2.72. The van der Waals surface area contributed by atoms with Gasteiger partial charge in [0.15, 0.2) is 5.11 Å². The predicted molar refractivity (Wildman–Crippen MR) is 116 cm³/mol. The Morgan fingerprint density at radius 3 is 2.30 bits per heavy atom. The van der Waals surface area contributed by atoms with E-state index >= 15 is 0 Å². The molecule has 1 aromatic rings. The molecule has 7 heteroatoms. The smallest absolute Gasteiger partial charge is 0.232 e. The number of hydrogen-bond donors (Lipinski definition) is 2. The fourth-order valence-electron chi connectivity index (χ4n) is 4.05. The molecule has 2 N–H and O–H groups in total. The van der Waals surface area contributed by atoms with E-state index in [-0.39, 0.29) is 0 Å². The van der Waals surface area contributed by atoms with Crippen LogP contribution in [0.25, 0.3) is 0 Å². The molecule has 4 rings (SSSR count). The number of piperidine rings is 1. The topological polar surface area (TPSA) is 56.3 Å². The summed E-state index contributed by atoms with van der Waals surface area (Å²) in [6.45, 7) is 6.64. The Kier molecular flexibility index (Phi) is 5.95. The maximum Gasteiger partial charge on any atom is 0.232 e. The first-order valence-corrected chi connectivity index (χ1v) is 11.0. The average Bonchev–Trinajstić information content (AvgIpc) is 3.48. The van der Waals surface area contributed by atoms with Crippen LogP contribution < -0.4 is 20.4 Å². The van der Waals surface area contributed by atoms with E-state index in [2.05, 4.69) is 33.4 Å². The van der Waals surface area contributed by atoms with E-state index in [0.717, 1.165) is 37.8 Å². The van der Waals surface area contributed by atoms with Gasteiger partial charge in [-0.2, -0.15) is 9.97 Å². The second-order valence-electron chi connectivity index (χ2n) is 8.38. The summed E-state index contributed by atoms with van der Waals surface area (Å²) in [5, 5.41) is 7.22. The molecule has 0 bridgehead atoms. The zero-order valence-corrected chi connectivity index (χ0v) is 17.2. The zero-order valence-electron chi connectivity index (χ0n) is 16.4. The maximum atomic E-state index is 5.46. The van der Waals surface area contributed by atoms with Crippen molar-refractivity contribution < 1.29 is 0 Å². The van der Waals surface area contributed by atoms with E-state index in [9.17, 15) is 0 Å². The van der Waals surface area contributed by atoms with Gasteiger partial charge in [0.2, 0.25) is 5.95 Å². The van der Waals surface area contributed by atoms with Gasteiger partial charge in [0, 0.05) is 38.3 Å². The van der Waals surface area contributed by atoms with Crippen molar-refractivity contribution in [1.82, 2.24) is 15.3 Å². The first-order valence-electron chi connectivity index (χ1n) is 10.6. The molecule has 1 atom stereocenters. The molecule has 3 aliphatic rings. The van der Waals surface area contributed by atoms with Gasteiger partial charge in [0.05, 0.1) is 0 Å². The average molecular weight is 389 g/mol. The highest BCUT2D eigenvalue weighted by molar-refractivity contribution is 7.80. The molecular formula is C20H32N6S. The third-order valence-corrected chi connectivity index (χ3v) is 5.97. The third kappa shape index (κ3) is 5.21. The minimum absolute atomic E-state index is 0.529. The van der Waals surface area contributed by atoms with Crippen LogP contribution in [0.3, 0.4) is 0 Å². The van der Waals surface area contributed by atoms with Gasteiger partial charge in [0.1, 0.15) is 11.6 Å². The summed E-state index contributed by atoms with van der Waals surface area (Å²) >= 11 is 5.46. The molecule has 1 unspecified atom stereocenters. The fraction of sp³-hybridized carbons (Fsp3) is 0.750. The molecule has 1 saturated carbocycles. The monoisotopic (exact) mass is 388 g/mol. The van der Waals surface area contributed by atoms with E-state index in [4.69, 9.17) is 22.2 Å². The van der Waals surface area contributed by atoms with Gasteiger partial charge < -0.3 is 20.4 Å². The molecule has 2 aliphatic heterocycles. The van der Waals surface area contributed by atoms with Gasteiger partial charge in [-0.05, 0) is 56.7 Å². The quantitative estimate of drug-likeness (QED) is 0.765. The van der Waals surface area contributed by atoms with Crippen LogP contribution in [-0.2, 0) is 0 Å². The van der Waals surface area contributed by atoms with Crippen molar-refractivity contribution in [2.75, 3.05) is 41.3 Å². The summed E-state index contributed by atoms with van der Waals surface area (Å²) in [5.41, 5.74) is 0. The number of nitrogens with one attached hydrogen (secondary N) is 2. The van der Waals surface area contributed by atoms with E-state index < -0.39 is 0 Å². The van der Waals surface area contributed by atoms with Gasteiger partial charge in [0.25, 0.3) is 0 Å². The first kappa shape index (κ1) is 18.7. The molecule has 3 fully saturated rings. The highest BCUT2D eigenvalue weighted by atomic mass is 32.1. The van der Waals surface area contributed by atoms with Crippen molar-refractivity contribution in [3.63, 3.8) is 0 Å². The van der Waals surface area contributed by atoms with Crippen LogP contribution in [0.1, 0.15) is 58.3 Å². The molecule has 3 heterocycles. The van der Waals surface area contributed by atoms with Crippen LogP contribution >= 0.6 is 12.2 Å². The first-order chi connectivity index (χ1) is 13.2. The third-order valence-electron chi connectivity index (χ3n) is 5.75. The molecule has 2 saturated heterocycles. The second kappa shape index (κ2) is 8.59. The Morgan fingerprint density at radius 2 is 1.63 bits per heavy atom. The van der Waals surface area contributed by atoms with Gasteiger partial charge in [-0.25, -0.2) is 0 Å². The number of hydrogen-bond acceptors (Lipinski definition) is 5. The summed E-state index contributed by atoms with van der Waals surface area (Å²) in [4.78, 5) is 14.5. The minimum atomic E-state index is 0.529. The number of aromatic nitrogens is 2. The number of nitrogens with zero attached hydrogens (tertiary/aromatic N) is 4. The van der Waals surface area contributed by atoms with E-state index in [1.165, 1.54) is 51.4 Å². The summed E-state index contributed by atoms with van der Waals surface area (Å²) in [7, 11) is 0. The maximum absolute atomic E-state index is 5.46. The lowest BCUT2D eigenvalue weighted by Crippen LogP contribution is -2.36. The number of anilines is 3. The van der Waals surface area contributed by atoms with Gasteiger partial charge in [-0.3, -0.25) is 0 Å². The van der Waals surface area contributed by atoms with Gasteiger partial charge in [-0.15, -0.1) is 0 Å². The SMILES string of the molecule is CC1CCCN(c2cc(N3CCCCCC3)nc(NC(=S)NC3CC3)n2)C1. The Hall–Kier alpha value is -1.63. The summed E-state index contributed by atoms with van der Waals surface area (Å²) < 4.78 is 0. The summed E-state index contributed by atoms with van der Waals surface area (Å²) in [5.74, 6) is 3.41. The van der Waals surface area contributed by atoms with Crippen molar-refractivity contribution in [1.29, 1.82) is 0 Å².